The van der Waals surface area contributed by atoms with Crippen molar-refractivity contribution in [1.29, 1.82) is 0 Å². The van der Waals surface area contributed by atoms with E-state index >= 15 is 0 Å². The van der Waals surface area contributed by atoms with Crippen molar-refractivity contribution in [2.24, 2.45) is 0 Å². The van der Waals surface area contributed by atoms with Crippen molar-refractivity contribution in [2.45, 2.75) is 5.40 Å². The van der Waals surface area contributed by atoms with Crippen molar-refractivity contribution >= 4 is 64.1 Å². The van der Waals surface area contributed by atoms with Gasteiger partial charge in [0.1, 0.15) is 31.8 Å². The second-order valence-electron chi connectivity index (χ2n) is 10.2. The second-order valence-corrected chi connectivity index (χ2v) is 18.0. The van der Waals surface area contributed by atoms with Gasteiger partial charge in [-0.1, -0.05) is 109 Å². The molecule has 0 fully saturated rings. The maximum absolute atomic E-state index is 14.7. The predicted octanol–water partition coefficient (Wildman–Crippen LogP) is 6.37. The third-order valence-electron chi connectivity index (χ3n) is 7.93. The molecule has 0 amide bonds. The average Bonchev–Trinajstić information content (AvgIpc) is 3.07. The third kappa shape index (κ3) is 4.81. The first kappa shape index (κ1) is 28.2. The fraction of sp³-hybridized carbons (Fsp3) is 0.0263. The molecule has 0 N–H and O–H groups in total. The van der Waals surface area contributed by atoms with Crippen LogP contribution in [0.25, 0.3) is 0 Å². The fourth-order valence-electron chi connectivity index (χ4n) is 6.30. The zero-order valence-corrected chi connectivity index (χ0v) is 25.7. The van der Waals surface area contributed by atoms with Crippen LogP contribution in [0, 0.1) is 0 Å². The summed E-state index contributed by atoms with van der Waals surface area (Å²) in [7, 11) is -5.48. The van der Waals surface area contributed by atoms with Crippen LogP contribution in [0.3, 0.4) is 0 Å². The van der Waals surface area contributed by atoms with Crippen LogP contribution in [0.15, 0.2) is 182 Å². The standard InChI is InChI=1S/C38H31OP2S/c39-37(42)38(40(31-19-7-1-8-20-31,32-21-9-2-10-22-32)33-23-11-3-12-24-33)41(34-25-13-4-14-26-34,35-27-15-5-16-28-35)36-29-17-6-18-30-36/h1-30,38H/q+1. The van der Waals surface area contributed by atoms with E-state index in [1.54, 1.807) is 0 Å². The van der Waals surface area contributed by atoms with E-state index in [9.17, 15) is 4.79 Å². The van der Waals surface area contributed by atoms with E-state index in [2.05, 4.69) is 146 Å². The molecule has 0 atom stereocenters. The molecule has 0 radical (unpaired) electrons. The summed E-state index contributed by atoms with van der Waals surface area (Å²) >= 11 is 6.01. The zero-order chi connectivity index (χ0) is 28.8. The Bertz CT molecular complexity index is 1410. The van der Waals surface area contributed by atoms with Crippen molar-refractivity contribution in [2.75, 3.05) is 0 Å². The minimum Gasteiger partial charge on any atom is -0.734 e. The molecule has 6 aromatic carbocycles. The smallest absolute Gasteiger partial charge is 0.233 e. The maximum Gasteiger partial charge on any atom is 0.233 e. The number of hydrogen-bond acceptors (Lipinski definition) is 2. The molecule has 0 aliphatic heterocycles. The number of rotatable bonds is 9. The molecule has 6 aromatic rings. The molecular formula is C38H31OP2S+. The van der Waals surface area contributed by atoms with E-state index < -0.39 is 19.9 Å². The van der Waals surface area contributed by atoms with Crippen LogP contribution in [-0.2, 0) is 17.4 Å². The van der Waals surface area contributed by atoms with E-state index in [1.807, 2.05) is 36.4 Å². The molecular weight excluding hydrogens is 566 g/mol. The summed E-state index contributed by atoms with van der Waals surface area (Å²) in [6.45, 7) is 0. The molecule has 0 saturated carbocycles. The summed E-state index contributed by atoms with van der Waals surface area (Å²) in [5.74, 6) is 0. The summed E-state index contributed by atoms with van der Waals surface area (Å²) in [5.41, 5.74) is 0. The quantitative estimate of drug-likeness (QED) is 0.142. The third-order valence-corrected chi connectivity index (χ3v) is 19.2. The summed E-state index contributed by atoms with van der Waals surface area (Å²) in [4.78, 5) is 14.7. The van der Waals surface area contributed by atoms with Crippen LogP contribution < -0.4 is 31.8 Å². The van der Waals surface area contributed by atoms with Gasteiger partial charge in [-0.3, -0.25) is 0 Å². The first-order valence-corrected chi connectivity index (χ1v) is 18.1. The van der Waals surface area contributed by atoms with Gasteiger partial charge in [0.05, 0.1) is 5.12 Å². The van der Waals surface area contributed by atoms with Crippen molar-refractivity contribution in [3.05, 3.63) is 182 Å². The Morgan fingerprint density at radius 1 is 0.357 bits per heavy atom. The Morgan fingerprint density at radius 3 is 0.667 bits per heavy atom. The largest absolute Gasteiger partial charge is 0.734 e. The molecule has 0 aliphatic rings. The Kier molecular flexibility index (Phi) is 8.41. The molecule has 0 heterocycles. The van der Waals surface area contributed by atoms with Crippen LogP contribution in [0.4, 0.5) is 0 Å². The highest BCUT2D eigenvalue weighted by Crippen LogP contribution is 2.76. The Balaban J connectivity index is 1.88. The Hall–Kier alpha value is -3.93. The molecule has 42 heavy (non-hydrogen) atoms. The van der Waals surface area contributed by atoms with Gasteiger partial charge in [0.25, 0.3) is 0 Å². The number of benzene rings is 6. The normalized spacial score (nSPS) is 11.7. The van der Waals surface area contributed by atoms with E-state index in [0.717, 1.165) is 31.8 Å². The van der Waals surface area contributed by atoms with Crippen molar-refractivity contribution in [3.8, 4) is 0 Å². The lowest BCUT2D eigenvalue weighted by atomic mass is 10.3. The molecule has 0 saturated heterocycles. The SMILES string of the molecule is O=C([S-])C([P+](c1ccccc1)(c1ccccc1)c1ccccc1)[P+](c1ccccc1)(c1ccccc1)c1ccccc1. The molecule has 0 aliphatic carbocycles. The van der Waals surface area contributed by atoms with Crippen LogP contribution in [0.2, 0.25) is 0 Å². The Labute approximate surface area is 255 Å². The molecule has 0 unspecified atom stereocenters. The van der Waals surface area contributed by atoms with Crippen LogP contribution in [0.5, 0.6) is 0 Å². The topological polar surface area (TPSA) is 17.1 Å². The lowest BCUT2D eigenvalue weighted by molar-refractivity contribution is -0.109. The lowest BCUT2D eigenvalue weighted by Gasteiger charge is -2.42. The summed E-state index contributed by atoms with van der Waals surface area (Å²) in [5, 5.41) is 6.17. The van der Waals surface area contributed by atoms with Crippen LogP contribution in [-0.4, -0.2) is 10.5 Å². The molecule has 0 aromatic heterocycles. The summed E-state index contributed by atoms with van der Waals surface area (Å²) in [6, 6.07) is 63.8. The average molecular weight is 598 g/mol. The van der Waals surface area contributed by atoms with Gasteiger partial charge >= 0.3 is 0 Å². The first-order chi connectivity index (χ1) is 20.7. The highest BCUT2D eigenvalue weighted by molar-refractivity contribution is 8.13. The van der Waals surface area contributed by atoms with Crippen molar-refractivity contribution in [1.82, 2.24) is 0 Å². The van der Waals surface area contributed by atoms with Gasteiger partial charge in [0.15, 0.2) is 14.5 Å². The number of carbonyl (C=O) groups is 1. The molecule has 1 nitrogen and oxygen atoms in total. The van der Waals surface area contributed by atoms with Gasteiger partial charge in [-0.2, -0.15) is 0 Å². The van der Waals surface area contributed by atoms with Crippen LogP contribution in [0.1, 0.15) is 0 Å². The van der Waals surface area contributed by atoms with Gasteiger partial charge in [0, 0.05) is 0 Å². The van der Waals surface area contributed by atoms with E-state index in [4.69, 9.17) is 12.6 Å². The van der Waals surface area contributed by atoms with Gasteiger partial charge < -0.3 is 17.4 Å². The highest BCUT2D eigenvalue weighted by atomic mass is 32.1. The van der Waals surface area contributed by atoms with Crippen molar-refractivity contribution in [3.63, 3.8) is 0 Å². The maximum atomic E-state index is 14.7. The number of hydrogen-bond donors (Lipinski definition) is 0. The highest BCUT2D eigenvalue weighted by Gasteiger charge is 2.69. The number of carbonyl (C=O) groups excluding carboxylic acids is 1. The lowest BCUT2D eigenvalue weighted by Crippen LogP contribution is -2.50. The van der Waals surface area contributed by atoms with Crippen molar-refractivity contribution < 1.29 is 4.79 Å². The first-order valence-electron chi connectivity index (χ1n) is 14.0. The monoisotopic (exact) mass is 597 g/mol. The van der Waals surface area contributed by atoms with Gasteiger partial charge in [0.2, 0.25) is 5.40 Å². The van der Waals surface area contributed by atoms with Gasteiger partial charge in [-0.05, 0) is 72.8 Å². The molecule has 204 valence electrons. The predicted molar refractivity (Wildman–Crippen MR) is 186 cm³/mol. The molecule has 0 spiro atoms. The minimum atomic E-state index is -2.74. The van der Waals surface area contributed by atoms with Gasteiger partial charge in [-0.25, -0.2) is 0 Å². The second kappa shape index (κ2) is 12.5. The van der Waals surface area contributed by atoms with Gasteiger partial charge in [-0.15, -0.1) is 0 Å². The van der Waals surface area contributed by atoms with E-state index in [0.29, 0.717) is 0 Å². The van der Waals surface area contributed by atoms with E-state index in [-0.39, 0.29) is 5.12 Å². The zero-order valence-electron chi connectivity index (χ0n) is 23.1. The summed E-state index contributed by atoms with van der Waals surface area (Å²) < 4.78 is 0. The molecule has 0 bridgehead atoms. The van der Waals surface area contributed by atoms with Crippen LogP contribution >= 0.6 is 14.5 Å². The van der Waals surface area contributed by atoms with E-state index in [1.165, 1.54) is 0 Å². The molecule has 4 heteroatoms. The fourth-order valence-corrected chi connectivity index (χ4v) is 19.7. The minimum absolute atomic E-state index is 0.204. The summed E-state index contributed by atoms with van der Waals surface area (Å²) in [6.07, 6.45) is 0. The Morgan fingerprint density at radius 2 is 0.524 bits per heavy atom. The molecule has 6 rings (SSSR count).